The Balaban J connectivity index is 1.46. The molecule has 7 nitrogen and oxygen atoms in total. The second-order valence-corrected chi connectivity index (χ2v) is 8.55. The maximum Gasteiger partial charge on any atom is 0.254 e. The van der Waals surface area contributed by atoms with Gasteiger partial charge in [-0.15, -0.1) is 0 Å². The number of nitrogens with zero attached hydrogens (tertiary/aromatic N) is 4. The molecule has 0 radical (unpaired) electrons. The highest BCUT2D eigenvalue weighted by atomic mass is 16.3. The van der Waals surface area contributed by atoms with Gasteiger partial charge in [-0.25, -0.2) is 4.98 Å². The Hall–Kier alpha value is -4.39. The van der Waals surface area contributed by atoms with Gasteiger partial charge in [-0.1, -0.05) is 30.3 Å². The molecule has 2 aromatic heterocycles. The summed E-state index contributed by atoms with van der Waals surface area (Å²) < 4.78 is 0. The highest BCUT2D eigenvalue weighted by Gasteiger charge is 2.28. The summed E-state index contributed by atoms with van der Waals surface area (Å²) in [6.45, 7) is 2.62. The van der Waals surface area contributed by atoms with Gasteiger partial charge in [0.2, 0.25) is 0 Å². The van der Waals surface area contributed by atoms with Crippen LogP contribution in [0.4, 0.5) is 5.82 Å². The zero-order valence-corrected chi connectivity index (χ0v) is 19.2. The van der Waals surface area contributed by atoms with Gasteiger partial charge < -0.3 is 20.0 Å². The monoisotopic (exact) mass is 466 g/mol. The number of pyridine rings is 2. The topological polar surface area (TPSA) is 89.8 Å². The summed E-state index contributed by atoms with van der Waals surface area (Å²) in [6.07, 6.45) is 5.16. The molecule has 0 spiro atoms. The molecule has 2 aromatic carbocycles. The molecule has 2 N–H and O–H groups in total. The molecule has 1 fully saturated rings. The fourth-order valence-corrected chi connectivity index (χ4v) is 4.57. The van der Waals surface area contributed by atoms with Crippen molar-refractivity contribution in [3.8, 4) is 11.5 Å². The normalized spacial score (nSPS) is 13.7. The highest BCUT2D eigenvalue weighted by molar-refractivity contribution is 5.96. The quantitative estimate of drug-likeness (QED) is 0.462. The lowest BCUT2D eigenvalue weighted by atomic mass is 9.83. The number of aromatic hydroxyl groups is 2. The third kappa shape index (κ3) is 4.80. The lowest BCUT2D eigenvalue weighted by Crippen LogP contribution is -2.49. The molecular weight excluding hydrogens is 440 g/mol. The number of carbonyl (C=O) groups excluding carboxylic acids is 1. The first kappa shape index (κ1) is 22.4. The molecule has 7 heteroatoms. The van der Waals surface area contributed by atoms with Gasteiger partial charge >= 0.3 is 0 Å². The second kappa shape index (κ2) is 9.85. The maximum absolute atomic E-state index is 13.7. The van der Waals surface area contributed by atoms with E-state index in [1.165, 1.54) is 0 Å². The Bertz CT molecular complexity index is 1240. The van der Waals surface area contributed by atoms with E-state index in [4.69, 9.17) is 0 Å². The van der Waals surface area contributed by atoms with E-state index < -0.39 is 0 Å². The van der Waals surface area contributed by atoms with Crippen LogP contribution in [0.3, 0.4) is 0 Å². The predicted molar refractivity (Wildman–Crippen MR) is 134 cm³/mol. The largest absolute Gasteiger partial charge is 0.508 e. The van der Waals surface area contributed by atoms with E-state index in [0.29, 0.717) is 31.7 Å². The van der Waals surface area contributed by atoms with Crippen molar-refractivity contribution in [1.82, 2.24) is 14.9 Å². The molecule has 1 amide bonds. The third-order valence-electron chi connectivity index (χ3n) is 6.39. The average molecular weight is 467 g/mol. The number of rotatable bonds is 5. The van der Waals surface area contributed by atoms with Crippen molar-refractivity contribution >= 4 is 11.7 Å². The van der Waals surface area contributed by atoms with Crippen LogP contribution in [-0.4, -0.2) is 57.2 Å². The molecule has 0 atom stereocenters. The SMILES string of the molecule is O=C(c1ccncc1C(c1ccc(O)cc1)c1ccc(O)cc1)N1CCN(c2ccccn2)CC1. The van der Waals surface area contributed by atoms with Crippen LogP contribution in [0.15, 0.2) is 91.4 Å². The number of phenols is 2. The van der Waals surface area contributed by atoms with E-state index in [2.05, 4.69) is 14.9 Å². The van der Waals surface area contributed by atoms with E-state index in [-0.39, 0.29) is 23.3 Å². The van der Waals surface area contributed by atoms with E-state index >= 15 is 0 Å². The van der Waals surface area contributed by atoms with Crippen LogP contribution in [0.1, 0.15) is 33.0 Å². The van der Waals surface area contributed by atoms with Gasteiger partial charge in [0, 0.05) is 56.3 Å². The molecule has 1 aliphatic rings. The van der Waals surface area contributed by atoms with Crippen molar-refractivity contribution in [2.24, 2.45) is 0 Å². The minimum absolute atomic E-state index is 0.0365. The van der Waals surface area contributed by atoms with Crippen LogP contribution >= 0.6 is 0 Å². The fourth-order valence-electron chi connectivity index (χ4n) is 4.57. The zero-order chi connectivity index (χ0) is 24.2. The number of phenolic OH excluding ortho intramolecular Hbond substituents is 2. The molecule has 0 saturated carbocycles. The molecule has 3 heterocycles. The number of carbonyl (C=O) groups is 1. The van der Waals surface area contributed by atoms with Crippen LogP contribution in [0.2, 0.25) is 0 Å². The number of hydrogen-bond donors (Lipinski definition) is 2. The number of aromatic nitrogens is 2. The smallest absolute Gasteiger partial charge is 0.254 e. The Morgan fingerprint density at radius 2 is 1.40 bits per heavy atom. The molecule has 0 unspecified atom stereocenters. The molecule has 5 rings (SSSR count). The highest BCUT2D eigenvalue weighted by Crippen LogP contribution is 2.35. The van der Waals surface area contributed by atoms with Gasteiger partial charge in [0.25, 0.3) is 5.91 Å². The standard InChI is InChI=1S/C28H26N4O3/c33-22-8-4-20(5-9-22)27(21-6-10-23(34)11-7-21)25-19-29-14-12-24(25)28(35)32-17-15-31(16-18-32)26-3-1-2-13-30-26/h1-14,19,27,33-34H,15-18H2. The van der Waals surface area contributed by atoms with Gasteiger partial charge in [-0.05, 0) is 59.2 Å². The van der Waals surface area contributed by atoms with E-state index in [0.717, 1.165) is 22.5 Å². The first-order valence-corrected chi connectivity index (χ1v) is 11.6. The molecule has 4 aromatic rings. The summed E-state index contributed by atoms with van der Waals surface area (Å²) in [7, 11) is 0. The molecule has 35 heavy (non-hydrogen) atoms. The summed E-state index contributed by atoms with van der Waals surface area (Å²) in [5, 5.41) is 19.6. The van der Waals surface area contributed by atoms with Gasteiger partial charge in [0.05, 0.1) is 0 Å². The number of hydrogen-bond acceptors (Lipinski definition) is 6. The van der Waals surface area contributed by atoms with Gasteiger partial charge in [-0.2, -0.15) is 0 Å². The van der Waals surface area contributed by atoms with E-state index in [1.807, 2.05) is 47.4 Å². The van der Waals surface area contributed by atoms with Crippen molar-refractivity contribution in [1.29, 1.82) is 0 Å². The minimum atomic E-state index is -0.293. The summed E-state index contributed by atoms with van der Waals surface area (Å²) in [4.78, 5) is 26.6. The molecular formula is C28H26N4O3. The maximum atomic E-state index is 13.7. The lowest BCUT2D eigenvalue weighted by Gasteiger charge is -2.36. The van der Waals surface area contributed by atoms with Crippen LogP contribution in [0, 0.1) is 0 Å². The van der Waals surface area contributed by atoms with Crippen LogP contribution in [0.5, 0.6) is 11.5 Å². The van der Waals surface area contributed by atoms with E-state index in [9.17, 15) is 15.0 Å². The Morgan fingerprint density at radius 1 is 0.771 bits per heavy atom. The van der Waals surface area contributed by atoms with Crippen molar-refractivity contribution in [3.05, 3.63) is 114 Å². The summed E-state index contributed by atoms with van der Waals surface area (Å²) >= 11 is 0. The first-order valence-electron chi connectivity index (χ1n) is 11.6. The predicted octanol–water partition coefficient (Wildman–Crippen LogP) is 4.03. The molecule has 1 aliphatic heterocycles. The van der Waals surface area contributed by atoms with Gasteiger partial charge in [0.1, 0.15) is 17.3 Å². The van der Waals surface area contributed by atoms with Crippen molar-refractivity contribution in [3.63, 3.8) is 0 Å². The number of anilines is 1. The summed E-state index contributed by atoms with van der Waals surface area (Å²) in [5.41, 5.74) is 3.20. The molecule has 0 bridgehead atoms. The van der Waals surface area contributed by atoms with Crippen molar-refractivity contribution < 1.29 is 15.0 Å². The summed E-state index contributed by atoms with van der Waals surface area (Å²) in [5.74, 6) is 0.936. The summed E-state index contributed by atoms with van der Waals surface area (Å²) in [6, 6.07) is 21.6. The minimum Gasteiger partial charge on any atom is -0.508 e. The second-order valence-electron chi connectivity index (χ2n) is 8.55. The molecule has 176 valence electrons. The van der Waals surface area contributed by atoms with Crippen LogP contribution < -0.4 is 4.90 Å². The van der Waals surface area contributed by atoms with Crippen molar-refractivity contribution in [2.45, 2.75) is 5.92 Å². The first-order chi connectivity index (χ1) is 17.1. The number of piperazine rings is 1. The van der Waals surface area contributed by atoms with Gasteiger partial charge in [-0.3, -0.25) is 9.78 Å². The Morgan fingerprint density at radius 3 is 1.97 bits per heavy atom. The van der Waals surface area contributed by atoms with Crippen molar-refractivity contribution in [2.75, 3.05) is 31.1 Å². The molecule has 1 saturated heterocycles. The van der Waals surface area contributed by atoms with Crippen LogP contribution in [0.25, 0.3) is 0 Å². The number of amides is 1. The van der Waals surface area contributed by atoms with E-state index in [1.54, 1.807) is 48.9 Å². The number of benzene rings is 2. The molecule has 0 aliphatic carbocycles. The Kier molecular flexibility index (Phi) is 6.30. The zero-order valence-electron chi connectivity index (χ0n) is 19.2. The van der Waals surface area contributed by atoms with Gasteiger partial charge in [0.15, 0.2) is 0 Å². The fraction of sp³-hybridized carbons (Fsp3) is 0.179. The lowest BCUT2D eigenvalue weighted by molar-refractivity contribution is 0.0745. The van der Waals surface area contributed by atoms with Crippen LogP contribution in [-0.2, 0) is 0 Å². The Labute approximate surface area is 203 Å². The average Bonchev–Trinajstić information content (AvgIpc) is 2.91. The third-order valence-corrected chi connectivity index (χ3v) is 6.39.